The van der Waals surface area contributed by atoms with E-state index in [9.17, 15) is 0 Å². The Morgan fingerprint density at radius 1 is 0.0926 bits per heavy atom. The molecule has 0 saturated heterocycles. The molecule has 16 aromatic carbocycles. The third-order valence-corrected chi connectivity index (χ3v) is 19.6. The summed E-state index contributed by atoms with van der Waals surface area (Å²) in [6, 6.07) is 152. The van der Waals surface area contributed by atoms with Crippen LogP contribution in [0.3, 0.4) is 0 Å². The summed E-state index contributed by atoms with van der Waals surface area (Å²) in [7, 11) is 0. The van der Waals surface area contributed by atoms with E-state index in [4.69, 9.17) is 24.9 Å². The number of benzene rings is 16. The van der Waals surface area contributed by atoms with E-state index in [0.29, 0.717) is 23.3 Å². The van der Waals surface area contributed by atoms with E-state index >= 15 is 0 Å². The molecule has 0 amide bonds. The van der Waals surface area contributed by atoms with Crippen LogP contribution in [0.15, 0.2) is 431 Å². The minimum Gasteiger partial charge on any atom is -0.228 e. The average molecular weight is 1380 g/mol. The summed E-state index contributed by atoms with van der Waals surface area (Å²) in [5.74, 6) is 2.66. The first kappa shape index (κ1) is 66.8. The fourth-order valence-corrected chi connectivity index (χ4v) is 14.0. The largest absolute Gasteiger partial charge is 0.228 e. The molecule has 2 aromatic heterocycles. The molecule has 5 nitrogen and oxygen atoms in total. The van der Waals surface area contributed by atoms with Crippen LogP contribution in [0, 0.1) is 0 Å². The van der Waals surface area contributed by atoms with Crippen molar-refractivity contribution in [2.45, 2.75) is 0 Å². The van der Waals surface area contributed by atoms with E-state index in [0.717, 1.165) is 78.1 Å². The van der Waals surface area contributed by atoms with Gasteiger partial charge in [-0.1, -0.05) is 358 Å². The Morgan fingerprint density at radius 2 is 0.259 bits per heavy atom. The zero-order valence-electron chi connectivity index (χ0n) is 59.2. The van der Waals surface area contributed by atoms with Crippen LogP contribution in [0.5, 0.6) is 0 Å². The van der Waals surface area contributed by atoms with Gasteiger partial charge >= 0.3 is 0 Å². The van der Waals surface area contributed by atoms with Gasteiger partial charge in [0.25, 0.3) is 0 Å². The first-order valence-corrected chi connectivity index (χ1v) is 36.5. The van der Waals surface area contributed by atoms with Crippen LogP contribution in [-0.2, 0) is 0 Å². The standard InChI is InChI=1S/C52H36N2.C51H35N3/c1-5-16-37(17-6-1)47-33-48(38-18-7-2-8-19-38)35-49(34-47)45-28-14-26-43(31-45)41-24-13-25-42(30-41)44-27-15-29-46(32-44)51-36-50(39-20-9-3-10-21-39)53-52(54-51)40-22-11-4-12-23-40;1-5-15-36(16-6-1)46-33-47(37-17-7-2-8-18-37)35-48(34-46)39-29-27-38(28-30-39)42-23-13-24-43(31-42)44-25-14-26-45(32-44)51-53-49(40-19-9-3-10-20-40)52-50(54-51)41-21-11-4-12-22-41/h1-36H;1-35H. The van der Waals surface area contributed by atoms with Gasteiger partial charge in [-0.2, -0.15) is 0 Å². The lowest BCUT2D eigenvalue weighted by Crippen LogP contribution is -2.00. The molecule has 0 spiro atoms. The average Bonchev–Trinajstić information content (AvgIpc) is 0.802. The molecule has 5 heteroatoms. The molecule has 0 unspecified atom stereocenters. The van der Waals surface area contributed by atoms with Gasteiger partial charge in [0.05, 0.1) is 11.4 Å². The third kappa shape index (κ3) is 15.3. The zero-order chi connectivity index (χ0) is 72.2. The highest BCUT2D eigenvalue weighted by Gasteiger charge is 2.17. The van der Waals surface area contributed by atoms with Gasteiger partial charge in [-0.3, -0.25) is 0 Å². The second-order valence-electron chi connectivity index (χ2n) is 26.8. The molecule has 0 bridgehead atoms. The molecule has 18 rings (SSSR count). The normalized spacial score (nSPS) is 11.0. The molecule has 0 aliphatic carbocycles. The van der Waals surface area contributed by atoms with Crippen molar-refractivity contribution in [3.05, 3.63) is 431 Å². The Kier molecular flexibility index (Phi) is 19.4. The fraction of sp³-hybridized carbons (Fsp3) is 0. The lowest BCUT2D eigenvalue weighted by molar-refractivity contribution is 1.07. The first-order valence-electron chi connectivity index (χ1n) is 36.5. The minimum atomic E-state index is 0.642. The highest BCUT2D eigenvalue weighted by atomic mass is 15.0. The van der Waals surface area contributed by atoms with Crippen LogP contribution in [0.4, 0.5) is 0 Å². The molecule has 0 N–H and O–H groups in total. The van der Waals surface area contributed by atoms with Gasteiger partial charge in [0, 0.05) is 33.4 Å². The highest BCUT2D eigenvalue weighted by molar-refractivity contribution is 5.87. The van der Waals surface area contributed by atoms with Gasteiger partial charge < -0.3 is 0 Å². The molecule has 0 fully saturated rings. The molecule has 0 aliphatic rings. The van der Waals surface area contributed by atoms with Crippen molar-refractivity contribution in [2.24, 2.45) is 0 Å². The topological polar surface area (TPSA) is 64.5 Å². The summed E-state index contributed by atoms with van der Waals surface area (Å²) >= 11 is 0. The maximum absolute atomic E-state index is 5.08. The Morgan fingerprint density at radius 3 is 0.574 bits per heavy atom. The van der Waals surface area contributed by atoms with Gasteiger partial charge in [0.1, 0.15) is 0 Å². The van der Waals surface area contributed by atoms with E-state index in [1.54, 1.807) is 0 Å². The maximum Gasteiger partial charge on any atom is 0.164 e. The predicted molar refractivity (Wildman–Crippen MR) is 449 cm³/mol. The highest BCUT2D eigenvalue weighted by Crippen LogP contribution is 2.40. The monoisotopic (exact) mass is 1380 g/mol. The SMILES string of the molecule is c1ccc(-c2cc(-c3ccccc3)cc(-c3ccc(-c4cccc(-c5cccc(-c6nc(-c7ccccc7)nc(-c7ccccc7)n6)c5)c4)cc3)c2)cc1.c1ccc(-c2cc(-c3ccccc3)cc(-c3cccc(-c4cccc(-c5cccc(-c6cc(-c7ccccc7)nc(-c7ccccc7)n6)c5)c4)c3)c2)cc1. The van der Waals surface area contributed by atoms with Crippen LogP contribution >= 0.6 is 0 Å². The van der Waals surface area contributed by atoms with Crippen LogP contribution in [0.2, 0.25) is 0 Å². The molecular weight excluding hydrogens is 1310 g/mol. The van der Waals surface area contributed by atoms with Crippen molar-refractivity contribution in [3.8, 4) is 179 Å². The molecule has 18 aromatic rings. The second kappa shape index (κ2) is 31.3. The molecule has 0 atom stereocenters. The van der Waals surface area contributed by atoms with Gasteiger partial charge in [-0.15, -0.1) is 0 Å². The van der Waals surface area contributed by atoms with E-state index in [2.05, 4.69) is 334 Å². The van der Waals surface area contributed by atoms with E-state index in [1.165, 1.54) is 77.9 Å². The number of aromatic nitrogens is 5. The molecule has 508 valence electrons. The van der Waals surface area contributed by atoms with Gasteiger partial charge in [0.15, 0.2) is 23.3 Å². The summed E-state index contributed by atoms with van der Waals surface area (Å²) in [6.07, 6.45) is 0. The molecule has 108 heavy (non-hydrogen) atoms. The Bertz CT molecular complexity index is 5700. The summed E-state index contributed by atoms with van der Waals surface area (Å²) in [6.45, 7) is 0. The third-order valence-electron chi connectivity index (χ3n) is 19.6. The first-order chi connectivity index (χ1) is 53.5. The summed E-state index contributed by atoms with van der Waals surface area (Å²) in [5.41, 5.74) is 31.3. The Hall–Kier alpha value is -14.4. The van der Waals surface area contributed by atoms with Crippen molar-refractivity contribution < 1.29 is 0 Å². The van der Waals surface area contributed by atoms with Gasteiger partial charge in [0.2, 0.25) is 0 Å². The number of rotatable bonds is 16. The molecule has 2 heterocycles. The van der Waals surface area contributed by atoms with E-state index < -0.39 is 0 Å². The minimum absolute atomic E-state index is 0.642. The summed E-state index contributed by atoms with van der Waals surface area (Å²) < 4.78 is 0. The second-order valence-corrected chi connectivity index (χ2v) is 26.8. The van der Waals surface area contributed by atoms with Crippen molar-refractivity contribution in [2.75, 3.05) is 0 Å². The van der Waals surface area contributed by atoms with Gasteiger partial charge in [-0.25, -0.2) is 24.9 Å². The zero-order valence-corrected chi connectivity index (χ0v) is 59.2. The molecular formula is C103H71N5. The van der Waals surface area contributed by atoms with Crippen LogP contribution < -0.4 is 0 Å². The van der Waals surface area contributed by atoms with Crippen LogP contribution in [-0.4, -0.2) is 24.9 Å². The Labute approximate surface area is 631 Å². The van der Waals surface area contributed by atoms with Crippen molar-refractivity contribution in [3.63, 3.8) is 0 Å². The molecule has 0 aliphatic heterocycles. The van der Waals surface area contributed by atoms with Crippen LogP contribution in [0.1, 0.15) is 0 Å². The van der Waals surface area contributed by atoms with Crippen LogP contribution in [0.25, 0.3) is 179 Å². The number of nitrogens with zero attached hydrogens (tertiary/aromatic N) is 5. The Balaban J connectivity index is 0.000000158. The lowest BCUT2D eigenvalue weighted by atomic mass is 9.91. The predicted octanol–water partition coefficient (Wildman–Crippen LogP) is 27.0. The summed E-state index contributed by atoms with van der Waals surface area (Å²) in [4.78, 5) is 24.8. The van der Waals surface area contributed by atoms with E-state index in [-0.39, 0.29) is 0 Å². The van der Waals surface area contributed by atoms with E-state index in [1.807, 2.05) is 97.1 Å². The van der Waals surface area contributed by atoms with Crippen molar-refractivity contribution in [1.29, 1.82) is 0 Å². The summed E-state index contributed by atoms with van der Waals surface area (Å²) in [5, 5.41) is 0. The smallest absolute Gasteiger partial charge is 0.164 e. The van der Waals surface area contributed by atoms with Crippen molar-refractivity contribution in [1.82, 2.24) is 24.9 Å². The lowest BCUT2D eigenvalue weighted by Gasteiger charge is -2.13. The number of hydrogen-bond donors (Lipinski definition) is 0. The molecule has 0 saturated carbocycles. The van der Waals surface area contributed by atoms with Gasteiger partial charge in [-0.05, 0) is 184 Å². The van der Waals surface area contributed by atoms with Crippen molar-refractivity contribution >= 4 is 0 Å². The maximum atomic E-state index is 5.08. The number of hydrogen-bond acceptors (Lipinski definition) is 5. The quantitative estimate of drug-likeness (QED) is 0.0964. The molecule has 0 radical (unpaired) electrons. The fourth-order valence-electron chi connectivity index (χ4n) is 14.0.